The van der Waals surface area contributed by atoms with Gasteiger partial charge in [0.1, 0.15) is 24.2 Å². The van der Waals surface area contributed by atoms with Gasteiger partial charge in [0.15, 0.2) is 0 Å². The number of methoxy groups -OCH3 is 1. The second kappa shape index (κ2) is 11.4. The quantitative estimate of drug-likeness (QED) is 0.552. The van der Waals surface area contributed by atoms with E-state index in [1.807, 2.05) is 30.3 Å². The van der Waals surface area contributed by atoms with Crippen LogP contribution in [-0.2, 0) is 16.1 Å². The van der Waals surface area contributed by atoms with Gasteiger partial charge >= 0.3 is 5.97 Å². The maximum Gasteiger partial charge on any atom is 0.323 e. The zero-order valence-corrected chi connectivity index (χ0v) is 19.2. The molecule has 32 heavy (non-hydrogen) atoms. The smallest absolute Gasteiger partial charge is 0.323 e. The summed E-state index contributed by atoms with van der Waals surface area (Å²) in [5.41, 5.74) is 1.76. The number of aliphatic hydroxyl groups excluding tert-OH is 1. The van der Waals surface area contributed by atoms with Crippen LogP contribution in [0.1, 0.15) is 43.7 Å². The molecule has 0 bridgehead atoms. The summed E-state index contributed by atoms with van der Waals surface area (Å²) < 4.78 is 24.7. The molecule has 1 heterocycles. The van der Waals surface area contributed by atoms with Crippen LogP contribution < -0.4 is 4.74 Å². The Bertz CT molecular complexity index is 868. The van der Waals surface area contributed by atoms with Crippen molar-refractivity contribution in [2.75, 3.05) is 26.8 Å². The van der Waals surface area contributed by atoms with Crippen molar-refractivity contribution in [1.29, 1.82) is 0 Å². The molecular formula is C26H34FNO4. The summed E-state index contributed by atoms with van der Waals surface area (Å²) in [5, 5.41) is 10.0. The van der Waals surface area contributed by atoms with E-state index in [0.717, 1.165) is 29.7 Å². The third-order valence-corrected chi connectivity index (χ3v) is 6.65. The van der Waals surface area contributed by atoms with Crippen molar-refractivity contribution in [2.45, 2.75) is 45.3 Å². The van der Waals surface area contributed by atoms with Gasteiger partial charge in [-0.25, -0.2) is 4.39 Å². The standard InChI is InChI=1S/C26H34FNO4/c1-4-19(5-2)25(26(30)32-17-18-9-11-23(31-3)12-10-18)28-14-21(16-29)24(15-28)20-7-6-8-22(27)13-20/h6-13,19,21,24-25,29H,4-5,14-17H2,1-3H3/t21-,24-,25+/m1/s1. The highest BCUT2D eigenvalue weighted by Gasteiger charge is 2.42. The number of carbonyl (C=O) groups is 1. The van der Waals surface area contributed by atoms with Gasteiger partial charge in [0.25, 0.3) is 0 Å². The zero-order valence-electron chi connectivity index (χ0n) is 19.2. The number of carbonyl (C=O) groups excluding carboxylic acids is 1. The minimum atomic E-state index is -0.393. The lowest BCUT2D eigenvalue weighted by Crippen LogP contribution is -2.46. The van der Waals surface area contributed by atoms with E-state index in [-0.39, 0.29) is 42.8 Å². The summed E-state index contributed by atoms with van der Waals surface area (Å²) >= 11 is 0. The SMILES string of the molecule is CCC(CC)[C@@H](C(=O)OCc1ccc(OC)cc1)N1C[C@H](CO)[C@@H](c2cccc(F)c2)C1. The Labute approximate surface area is 190 Å². The first-order valence-electron chi connectivity index (χ1n) is 11.4. The first-order valence-corrected chi connectivity index (χ1v) is 11.4. The number of rotatable bonds is 10. The summed E-state index contributed by atoms with van der Waals surface area (Å²) in [5.74, 6) is 0.290. The van der Waals surface area contributed by atoms with Gasteiger partial charge in [0.05, 0.1) is 7.11 Å². The molecule has 1 saturated heterocycles. The van der Waals surface area contributed by atoms with E-state index < -0.39 is 6.04 Å². The normalized spacial score (nSPS) is 19.8. The van der Waals surface area contributed by atoms with Crippen molar-refractivity contribution in [3.8, 4) is 5.75 Å². The second-order valence-electron chi connectivity index (χ2n) is 8.54. The Kier molecular flexibility index (Phi) is 8.65. The van der Waals surface area contributed by atoms with Crippen LogP contribution in [0, 0.1) is 17.7 Å². The molecule has 0 spiro atoms. The van der Waals surface area contributed by atoms with Crippen molar-refractivity contribution in [1.82, 2.24) is 4.90 Å². The van der Waals surface area contributed by atoms with E-state index in [0.29, 0.717) is 13.1 Å². The predicted molar refractivity (Wildman–Crippen MR) is 122 cm³/mol. The van der Waals surface area contributed by atoms with Crippen LogP contribution in [0.15, 0.2) is 48.5 Å². The molecule has 1 aliphatic heterocycles. The fraction of sp³-hybridized carbons (Fsp3) is 0.500. The van der Waals surface area contributed by atoms with Crippen LogP contribution in [0.4, 0.5) is 4.39 Å². The molecule has 0 unspecified atom stereocenters. The molecule has 1 aliphatic rings. The highest BCUT2D eigenvalue weighted by Crippen LogP contribution is 2.36. The minimum absolute atomic E-state index is 0.00574. The van der Waals surface area contributed by atoms with Crippen LogP contribution in [0.25, 0.3) is 0 Å². The Morgan fingerprint density at radius 3 is 2.47 bits per heavy atom. The summed E-state index contributed by atoms with van der Waals surface area (Å²) in [7, 11) is 1.61. The van der Waals surface area contributed by atoms with Gasteiger partial charge in [0.2, 0.25) is 0 Å². The molecule has 1 N–H and O–H groups in total. The molecule has 5 nitrogen and oxygen atoms in total. The van der Waals surface area contributed by atoms with Crippen LogP contribution in [0.2, 0.25) is 0 Å². The van der Waals surface area contributed by atoms with E-state index in [4.69, 9.17) is 9.47 Å². The monoisotopic (exact) mass is 443 g/mol. The summed E-state index contributed by atoms with van der Waals surface area (Å²) in [6, 6.07) is 13.6. The van der Waals surface area contributed by atoms with Crippen molar-refractivity contribution in [3.05, 3.63) is 65.5 Å². The predicted octanol–water partition coefficient (Wildman–Crippen LogP) is 4.39. The minimum Gasteiger partial charge on any atom is -0.497 e. The highest BCUT2D eigenvalue weighted by atomic mass is 19.1. The van der Waals surface area contributed by atoms with Crippen molar-refractivity contribution >= 4 is 5.97 Å². The maximum absolute atomic E-state index is 13.8. The molecule has 0 aromatic heterocycles. The molecule has 0 aliphatic carbocycles. The Morgan fingerprint density at radius 1 is 1.16 bits per heavy atom. The zero-order chi connectivity index (χ0) is 23.1. The third kappa shape index (κ3) is 5.67. The van der Waals surface area contributed by atoms with Crippen LogP contribution in [0.3, 0.4) is 0 Å². The fourth-order valence-electron chi connectivity index (χ4n) is 4.77. The average Bonchev–Trinajstić information content (AvgIpc) is 3.25. The van der Waals surface area contributed by atoms with Gasteiger partial charge in [-0.15, -0.1) is 0 Å². The van der Waals surface area contributed by atoms with Crippen LogP contribution >= 0.6 is 0 Å². The largest absolute Gasteiger partial charge is 0.497 e. The summed E-state index contributed by atoms with van der Waals surface area (Å²) in [6.07, 6.45) is 1.70. The molecule has 0 amide bonds. The number of likely N-dealkylation sites (tertiary alicyclic amines) is 1. The molecule has 1 fully saturated rings. The number of aliphatic hydroxyl groups is 1. The first kappa shape index (κ1) is 24.2. The molecule has 2 aromatic carbocycles. The highest BCUT2D eigenvalue weighted by molar-refractivity contribution is 5.76. The van der Waals surface area contributed by atoms with Gasteiger partial charge in [-0.3, -0.25) is 9.69 Å². The maximum atomic E-state index is 13.8. The van der Waals surface area contributed by atoms with Gasteiger partial charge < -0.3 is 14.6 Å². The van der Waals surface area contributed by atoms with E-state index in [2.05, 4.69) is 18.7 Å². The number of esters is 1. The average molecular weight is 444 g/mol. The molecule has 3 rings (SSSR count). The molecule has 0 radical (unpaired) electrons. The van der Waals surface area contributed by atoms with E-state index in [9.17, 15) is 14.3 Å². The lowest BCUT2D eigenvalue weighted by molar-refractivity contribution is -0.153. The van der Waals surface area contributed by atoms with Crippen LogP contribution in [0.5, 0.6) is 5.75 Å². The van der Waals surface area contributed by atoms with Gasteiger partial charge in [0, 0.05) is 31.5 Å². The van der Waals surface area contributed by atoms with Crippen LogP contribution in [-0.4, -0.2) is 48.8 Å². The van der Waals surface area contributed by atoms with Crippen molar-refractivity contribution < 1.29 is 23.8 Å². The van der Waals surface area contributed by atoms with E-state index >= 15 is 0 Å². The molecular weight excluding hydrogens is 409 g/mol. The van der Waals surface area contributed by atoms with E-state index in [1.165, 1.54) is 12.1 Å². The summed E-state index contributed by atoms with van der Waals surface area (Å²) in [6.45, 7) is 5.53. The van der Waals surface area contributed by atoms with Crippen molar-refractivity contribution in [3.63, 3.8) is 0 Å². The van der Waals surface area contributed by atoms with Crippen molar-refractivity contribution in [2.24, 2.45) is 11.8 Å². The summed E-state index contributed by atoms with van der Waals surface area (Å²) in [4.78, 5) is 15.4. The number of nitrogens with zero attached hydrogens (tertiary/aromatic N) is 1. The third-order valence-electron chi connectivity index (χ3n) is 6.65. The number of halogens is 1. The fourth-order valence-corrected chi connectivity index (χ4v) is 4.77. The number of ether oxygens (including phenoxy) is 2. The molecule has 3 atom stereocenters. The lowest BCUT2D eigenvalue weighted by Gasteiger charge is -2.32. The van der Waals surface area contributed by atoms with Gasteiger partial charge in [-0.1, -0.05) is 51.0 Å². The lowest BCUT2D eigenvalue weighted by atomic mass is 9.89. The van der Waals surface area contributed by atoms with Gasteiger partial charge in [-0.2, -0.15) is 0 Å². The molecule has 6 heteroatoms. The number of hydrogen-bond donors (Lipinski definition) is 1. The number of benzene rings is 2. The molecule has 2 aromatic rings. The topological polar surface area (TPSA) is 59.0 Å². The number of hydrogen-bond acceptors (Lipinski definition) is 5. The molecule has 174 valence electrons. The second-order valence-corrected chi connectivity index (χ2v) is 8.54. The Balaban J connectivity index is 1.76. The Morgan fingerprint density at radius 2 is 1.88 bits per heavy atom. The first-order chi connectivity index (χ1) is 15.5. The molecule has 0 saturated carbocycles. The Hall–Kier alpha value is -2.44. The van der Waals surface area contributed by atoms with Gasteiger partial charge in [-0.05, 0) is 41.3 Å². The van der Waals surface area contributed by atoms with E-state index in [1.54, 1.807) is 13.2 Å².